The van der Waals surface area contributed by atoms with Crippen LogP contribution in [-0.2, 0) is 30.4 Å². The lowest BCUT2D eigenvalue weighted by molar-refractivity contribution is -0.148. The van der Waals surface area contributed by atoms with Crippen LogP contribution >= 0.6 is 0 Å². The number of aliphatic carboxylic acids is 1. The van der Waals surface area contributed by atoms with Crippen LogP contribution in [0.3, 0.4) is 0 Å². The van der Waals surface area contributed by atoms with E-state index in [-0.39, 0.29) is 25.9 Å². The zero-order valence-electron chi connectivity index (χ0n) is 19.3. The van der Waals surface area contributed by atoms with E-state index in [9.17, 15) is 34.2 Å². The number of hydrogen-bond donors (Lipinski definition) is 5. The van der Waals surface area contributed by atoms with Crippen molar-refractivity contribution >= 4 is 29.6 Å². The molecule has 0 unspecified atom stereocenters. The van der Waals surface area contributed by atoms with E-state index in [1.165, 1.54) is 9.80 Å². The highest BCUT2D eigenvalue weighted by Crippen LogP contribution is 2.21. The van der Waals surface area contributed by atoms with Crippen LogP contribution in [0.1, 0.15) is 24.8 Å². The molecule has 0 saturated carbocycles. The Labute approximate surface area is 202 Å². The van der Waals surface area contributed by atoms with Crippen molar-refractivity contribution in [2.24, 2.45) is 5.73 Å². The van der Waals surface area contributed by atoms with Crippen molar-refractivity contribution in [1.29, 1.82) is 0 Å². The lowest BCUT2D eigenvalue weighted by Gasteiger charge is -2.29. The summed E-state index contributed by atoms with van der Waals surface area (Å²) in [6.07, 6.45) is 0.0871. The number of aliphatic hydroxyl groups is 1. The number of hydrogen-bond acceptors (Lipinski definition) is 7. The van der Waals surface area contributed by atoms with Gasteiger partial charge in [-0.1, -0.05) is 30.3 Å². The SMILES string of the molecule is NCC(=O)N[C@@H](Cc1ccccc1)C(=O)N1C[C@H](O)C[C@H]1C(=O)NCC(=O)N1CCC[C@H]1C(=O)O. The van der Waals surface area contributed by atoms with Crippen LogP contribution in [0.5, 0.6) is 0 Å². The van der Waals surface area contributed by atoms with Gasteiger partial charge < -0.3 is 36.4 Å². The Kier molecular flexibility index (Phi) is 8.77. The lowest BCUT2D eigenvalue weighted by atomic mass is 10.0. The molecule has 6 N–H and O–H groups in total. The lowest BCUT2D eigenvalue weighted by Crippen LogP contribution is -2.55. The number of likely N-dealkylation sites (tertiary alicyclic amines) is 2. The van der Waals surface area contributed by atoms with E-state index in [1.807, 2.05) is 6.07 Å². The average molecular weight is 490 g/mol. The molecule has 2 aliphatic heterocycles. The third-order valence-corrected chi connectivity index (χ3v) is 6.24. The van der Waals surface area contributed by atoms with E-state index in [2.05, 4.69) is 10.6 Å². The number of nitrogens with one attached hydrogen (secondary N) is 2. The fourth-order valence-corrected chi connectivity index (χ4v) is 4.51. The molecule has 4 atom stereocenters. The summed E-state index contributed by atoms with van der Waals surface area (Å²) in [7, 11) is 0. The zero-order valence-corrected chi connectivity index (χ0v) is 19.3. The van der Waals surface area contributed by atoms with Crippen LogP contribution in [0.25, 0.3) is 0 Å². The highest BCUT2D eigenvalue weighted by Gasteiger charge is 2.42. The number of carbonyl (C=O) groups is 5. The van der Waals surface area contributed by atoms with Gasteiger partial charge in [0.05, 0.1) is 19.2 Å². The summed E-state index contributed by atoms with van der Waals surface area (Å²) >= 11 is 0. The molecule has 2 fully saturated rings. The van der Waals surface area contributed by atoms with E-state index in [1.54, 1.807) is 24.3 Å². The minimum Gasteiger partial charge on any atom is -0.480 e. The van der Waals surface area contributed by atoms with Gasteiger partial charge in [-0.15, -0.1) is 0 Å². The Hall–Kier alpha value is -3.51. The molecule has 0 radical (unpaired) electrons. The predicted octanol–water partition coefficient (Wildman–Crippen LogP) is -2.17. The summed E-state index contributed by atoms with van der Waals surface area (Å²) in [4.78, 5) is 64.4. The van der Waals surface area contributed by atoms with Crippen molar-refractivity contribution in [2.45, 2.75) is 49.9 Å². The van der Waals surface area contributed by atoms with Gasteiger partial charge in [-0.2, -0.15) is 0 Å². The molecule has 12 heteroatoms. The maximum absolute atomic E-state index is 13.4. The average Bonchev–Trinajstić information content (AvgIpc) is 3.49. The number of β-amino-alcohol motifs (C(OH)–C–C–N with tert-alkyl or cyclic N) is 1. The van der Waals surface area contributed by atoms with Crippen LogP contribution in [0.4, 0.5) is 0 Å². The number of rotatable bonds is 9. The fourth-order valence-electron chi connectivity index (χ4n) is 4.51. The minimum atomic E-state index is -1.10. The van der Waals surface area contributed by atoms with Crippen molar-refractivity contribution in [3.05, 3.63) is 35.9 Å². The van der Waals surface area contributed by atoms with Crippen molar-refractivity contribution in [2.75, 3.05) is 26.2 Å². The normalized spacial score (nSPS) is 22.5. The number of benzene rings is 1. The standard InChI is InChI=1S/C23H31N5O7/c24-11-19(30)26-16(9-14-5-2-1-3-6-14)22(33)28-13-15(29)10-18(28)21(32)25-12-20(31)27-8-4-7-17(27)23(34)35/h1-3,5-6,15-18,29H,4,7-13,24H2,(H,25,32)(H,26,30)(H,34,35)/t15-,16+,17+,18+/m1/s1. The number of amides is 4. The third-order valence-electron chi connectivity index (χ3n) is 6.24. The summed E-state index contributed by atoms with van der Waals surface area (Å²) in [5, 5.41) is 24.5. The van der Waals surface area contributed by atoms with Gasteiger partial charge in [-0.3, -0.25) is 19.2 Å². The van der Waals surface area contributed by atoms with Crippen LogP contribution < -0.4 is 16.4 Å². The molecule has 0 spiro atoms. The first-order valence-electron chi connectivity index (χ1n) is 11.5. The molecule has 2 saturated heterocycles. The Balaban J connectivity index is 1.68. The van der Waals surface area contributed by atoms with Crippen molar-refractivity contribution in [3.63, 3.8) is 0 Å². The van der Waals surface area contributed by atoms with Crippen LogP contribution in [0, 0.1) is 0 Å². The summed E-state index contributed by atoms with van der Waals surface area (Å²) < 4.78 is 0. The van der Waals surface area contributed by atoms with E-state index >= 15 is 0 Å². The number of nitrogens with zero attached hydrogens (tertiary/aromatic N) is 2. The minimum absolute atomic E-state index is 0.0316. The van der Waals surface area contributed by atoms with Gasteiger partial charge in [0, 0.05) is 25.9 Å². The second-order valence-corrected chi connectivity index (χ2v) is 8.71. The Morgan fingerprint density at radius 3 is 2.46 bits per heavy atom. The van der Waals surface area contributed by atoms with Crippen LogP contribution in [-0.4, -0.2) is 100 Å². The summed E-state index contributed by atoms with van der Waals surface area (Å²) in [6, 6.07) is 6.03. The number of carbonyl (C=O) groups excluding carboxylic acids is 4. The largest absolute Gasteiger partial charge is 0.480 e. The second kappa shape index (κ2) is 11.8. The number of aliphatic hydroxyl groups excluding tert-OH is 1. The highest BCUT2D eigenvalue weighted by molar-refractivity contribution is 5.94. The maximum Gasteiger partial charge on any atom is 0.326 e. The molecule has 0 aliphatic carbocycles. The van der Waals surface area contributed by atoms with Crippen LogP contribution in [0.15, 0.2) is 30.3 Å². The molecular formula is C23H31N5O7. The zero-order chi connectivity index (χ0) is 25.5. The number of nitrogens with two attached hydrogens (primary N) is 1. The van der Waals surface area contributed by atoms with Crippen molar-refractivity contribution < 1.29 is 34.2 Å². The van der Waals surface area contributed by atoms with Gasteiger partial charge >= 0.3 is 5.97 Å². The topological polar surface area (TPSA) is 182 Å². The van der Waals surface area contributed by atoms with Gasteiger partial charge in [0.2, 0.25) is 23.6 Å². The molecule has 4 amide bonds. The molecule has 0 bridgehead atoms. The smallest absolute Gasteiger partial charge is 0.326 e. The first-order chi connectivity index (χ1) is 16.7. The number of carboxylic acids is 1. The molecule has 1 aromatic rings. The van der Waals surface area contributed by atoms with E-state index in [0.29, 0.717) is 19.4 Å². The fraction of sp³-hybridized carbons (Fsp3) is 0.522. The monoisotopic (exact) mass is 489 g/mol. The number of carboxylic acid groups (broad SMARTS) is 1. The first kappa shape index (κ1) is 26.1. The van der Waals surface area contributed by atoms with Gasteiger partial charge in [0.1, 0.15) is 18.1 Å². The van der Waals surface area contributed by atoms with Gasteiger partial charge in [0.25, 0.3) is 0 Å². The Bertz CT molecular complexity index is 957. The van der Waals surface area contributed by atoms with E-state index < -0.39 is 60.4 Å². The summed E-state index contributed by atoms with van der Waals surface area (Å²) in [5.41, 5.74) is 6.18. The Morgan fingerprint density at radius 1 is 1.09 bits per heavy atom. The van der Waals surface area contributed by atoms with Crippen molar-refractivity contribution in [1.82, 2.24) is 20.4 Å². The molecular weight excluding hydrogens is 458 g/mol. The molecule has 12 nitrogen and oxygen atoms in total. The molecule has 1 aromatic carbocycles. The van der Waals surface area contributed by atoms with Gasteiger partial charge in [-0.05, 0) is 18.4 Å². The third kappa shape index (κ3) is 6.55. The van der Waals surface area contributed by atoms with Crippen LogP contribution in [0.2, 0.25) is 0 Å². The van der Waals surface area contributed by atoms with Crippen molar-refractivity contribution in [3.8, 4) is 0 Å². The van der Waals surface area contributed by atoms with E-state index in [0.717, 1.165) is 5.56 Å². The van der Waals surface area contributed by atoms with Gasteiger partial charge in [-0.25, -0.2) is 4.79 Å². The molecule has 2 aliphatic rings. The maximum atomic E-state index is 13.4. The quantitative estimate of drug-likeness (QED) is 0.259. The molecule has 0 aromatic heterocycles. The highest BCUT2D eigenvalue weighted by atomic mass is 16.4. The molecule has 3 rings (SSSR count). The predicted molar refractivity (Wildman–Crippen MR) is 123 cm³/mol. The molecule has 35 heavy (non-hydrogen) atoms. The first-order valence-corrected chi connectivity index (χ1v) is 11.5. The molecule has 190 valence electrons. The summed E-state index contributed by atoms with van der Waals surface area (Å²) in [5.74, 6) is -3.36. The molecule has 2 heterocycles. The van der Waals surface area contributed by atoms with E-state index in [4.69, 9.17) is 5.73 Å². The summed E-state index contributed by atoms with van der Waals surface area (Å²) in [6.45, 7) is -0.558. The second-order valence-electron chi connectivity index (χ2n) is 8.71. The van der Waals surface area contributed by atoms with Gasteiger partial charge in [0.15, 0.2) is 0 Å². The Morgan fingerprint density at radius 2 is 1.80 bits per heavy atom.